The largest absolute Gasteiger partial charge is 0.357 e. The van der Waals surface area contributed by atoms with Crippen LogP contribution in [0, 0.1) is 5.92 Å². The van der Waals surface area contributed by atoms with E-state index in [-0.39, 0.29) is 17.7 Å². The number of carbonyl (C=O) groups excluding carboxylic acids is 1. The predicted molar refractivity (Wildman–Crippen MR) is 75.5 cm³/mol. The van der Waals surface area contributed by atoms with Crippen LogP contribution in [0.5, 0.6) is 0 Å². The lowest BCUT2D eigenvalue weighted by atomic mass is 10.2. The van der Waals surface area contributed by atoms with Gasteiger partial charge in [-0.1, -0.05) is 13.8 Å². The molecule has 1 heterocycles. The van der Waals surface area contributed by atoms with E-state index in [9.17, 15) is 4.79 Å². The first kappa shape index (κ1) is 15.4. The number of hydrogen-bond donors (Lipinski definition) is 2. The van der Waals surface area contributed by atoms with Gasteiger partial charge in [-0.05, 0) is 17.5 Å². The first-order valence-corrected chi connectivity index (χ1v) is 6.37. The van der Waals surface area contributed by atoms with Crippen LogP contribution in [0.4, 0.5) is 11.9 Å². The van der Waals surface area contributed by atoms with Crippen LogP contribution in [0.25, 0.3) is 0 Å². The molecule has 0 bridgehead atoms. The lowest BCUT2D eigenvalue weighted by Crippen LogP contribution is -2.37. The molecule has 1 rings (SSSR count). The molecule has 106 valence electrons. The summed E-state index contributed by atoms with van der Waals surface area (Å²) in [5.41, 5.74) is 0. The van der Waals surface area contributed by atoms with Gasteiger partial charge in [0.15, 0.2) is 0 Å². The van der Waals surface area contributed by atoms with Crippen LogP contribution in [0.2, 0.25) is 5.28 Å². The standard InChI is InChI=1S/C11H19ClN6O/c1-7(2)5-14-8(19)6-18(4)11-16-9(12)15-10(13-3)17-11/h7H,5-6H2,1-4H3,(H,14,19)(H,13,15,16,17). The molecule has 0 radical (unpaired) electrons. The normalized spacial score (nSPS) is 10.4. The van der Waals surface area contributed by atoms with Gasteiger partial charge < -0.3 is 15.5 Å². The van der Waals surface area contributed by atoms with E-state index in [0.29, 0.717) is 24.4 Å². The summed E-state index contributed by atoms with van der Waals surface area (Å²) in [6.07, 6.45) is 0. The Hall–Kier alpha value is -1.63. The number of halogens is 1. The van der Waals surface area contributed by atoms with Crippen LogP contribution in [-0.4, -0.2) is 48.0 Å². The van der Waals surface area contributed by atoms with Gasteiger partial charge >= 0.3 is 0 Å². The van der Waals surface area contributed by atoms with Crippen molar-refractivity contribution in [3.63, 3.8) is 0 Å². The molecule has 0 spiro atoms. The molecule has 7 nitrogen and oxygen atoms in total. The number of nitrogens with one attached hydrogen (secondary N) is 2. The molecular weight excluding hydrogens is 268 g/mol. The van der Waals surface area contributed by atoms with Crippen LogP contribution in [0.3, 0.4) is 0 Å². The average Bonchev–Trinajstić information content (AvgIpc) is 2.35. The average molecular weight is 287 g/mol. The zero-order chi connectivity index (χ0) is 14.4. The maximum atomic E-state index is 11.7. The van der Waals surface area contributed by atoms with E-state index < -0.39 is 0 Å². The van der Waals surface area contributed by atoms with E-state index in [1.807, 2.05) is 13.8 Å². The topological polar surface area (TPSA) is 83.0 Å². The minimum absolute atomic E-state index is 0.0845. The van der Waals surface area contributed by atoms with Gasteiger partial charge in [-0.25, -0.2) is 0 Å². The maximum Gasteiger partial charge on any atom is 0.239 e. The molecule has 2 N–H and O–H groups in total. The monoisotopic (exact) mass is 286 g/mol. The van der Waals surface area contributed by atoms with Crippen molar-refractivity contribution in [1.82, 2.24) is 20.3 Å². The summed E-state index contributed by atoms with van der Waals surface area (Å²) >= 11 is 5.78. The van der Waals surface area contributed by atoms with Crippen LogP contribution >= 0.6 is 11.6 Å². The lowest BCUT2D eigenvalue weighted by molar-refractivity contribution is -0.119. The van der Waals surface area contributed by atoms with Crippen molar-refractivity contribution in [2.45, 2.75) is 13.8 Å². The summed E-state index contributed by atoms with van der Waals surface area (Å²) in [5.74, 6) is 1.05. The Morgan fingerprint density at radius 3 is 2.63 bits per heavy atom. The molecule has 1 aromatic heterocycles. The van der Waals surface area contributed by atoms with Crippen molar-refractivity contribution in [1.29, 1.82) is 0 Å². The minimum atomic E-state index is -0.0845. The van der Waals surface area contributed by atoms with Crippen molar-refractivity contribution in [2.24, 2.45) is 5.92 Å². The van der Waals surface area contributed by atoms with Crippen LogP contribution in [0.1, 0.15) is 13.8 Å². The maximum absolute atomic E-state index is 11.7. The number of likely N-dealkylation sites (N-methyl/N-ethyl adjacent to an activating group) is 1. The quantitative estimate of drug-likeness (QED) is 0.804. The number of aromatic nitrogens is 3. The zero-order valence-corrected chi connectivity index (χ0v) is 12.3. The van der Waals surface area contributed by atoms with Crippen LogP contribution < -0.4 is 15.5 Å². The van der Waals surface area contributed by atoms with Gasteiger partial charge in [-0.15, -0.1) is 0 Å². The fourth-order valence-electron chi connectivity index (χ4n) is 1.28. The van der Waals surface area contributed by atoms with Gasteiger partial charge in [0.2, 0.25) is 23.1 Å². The highest BCUT2D eigenvalue weighted by atomic mass is 35.5. The molecule has 0 aliphatic rings. The number of hydrogen-bond acceptors (Lipinski definition) is 6. The number of carbonyl (C=O) groups is 1. The lowest BCUT2D eigenvalue weighted by Gasteiger charge is -2.17. The summed E-state index contributed by atoms with van der Waals surface area (Å²) in [4.78, 5) is 25.3. The molecule has 1 aromatic rings. The van der Waals surface area contributed by atoms with E-state index in [4.69, 9.17) is 11.6 Å². The molecule has 0 fully saturated rings. The summed E-state index contributed by atoms with van der Waals surface area (Å²) in [5, 5.41) is 5.70. The van der Waals surface area contributed by atoms with Crippen LogP contribution in [0.15, 0.2) is 0 Å². The van der Waals surface area contributed by atoms with E-state index in [1.165, 1.54) is 0 Å². The highest BCUT2D eigenvalue weighted by Crippen LogP contribution is 2.11. The summed E-state index contributed by atoms with van der Waals surface area (Å²) < 4.78 is 0. The molecule has 0 unspecified atom stereocenters. The number of rotatable bonds is 6. The van der Waals surface area contributed by atoms with E-state index in [0.717, 1.165) is 0 Å². The third-order valence-corrected chi connectivity index (χ3v) is 2.42. The Balaban J connectivity index is 2.64. The smallest absolute Gasteiger partial charge is 0.239 e. The summed E-state index contributed by atoms with van der Waals surface area (Å²) in [7, 11) is 3.41. The molecule has 0 aliphatic carbocycles. The van der Waals surface area contributed by atoms with Crippen molar-refractivity contribution >= 4 is 29.4 Å². The second kappa shape index (κ2) is 7.08. The molecule has 0 aromatic carbocycles. The van der Waals surface area contributed by atoms with E-state index in [2.05, 4.69) is 25.6 Å². The Labute approximate surface area is 117 Å². The fourth-order valence-corrected chi connectivity index (χ4v) is 1.44. The van der Waals surface area contributed by atoms with Crippen molar-refractivity contribution in [2.75, 3.05) is 37.4 Å². The van der Waals surface area contributed by atoms with Gasteiger partial charge in [0.25, 0.3) is 0 Å². The van der Waals surface area contributed by atoms with Crippen LogP contribution in [-0.2, 0) is 4.79 Å². The number of nitrogens with zero attached hydrogens (tertiary/aromatic N) is 4. The van der Waals surface area contributed by atoms with Gasteiger partial charge in [-0.3, -0.25) is 4.79 Å². The summed E-state index contributed by atoms with van der Waals surface area (Å²) in [6.45, 7) is 4.88. The van der Waals surface area contributed by atoms with E-state index >= 15 is 0 Å². The molecule has 1 amide bonds. The molecular formula is C11H19ClN6O. The molecule has 19 heavy (non-hydrogen) atoms. The first-order chi connectivity index (χ1) is 8.92. The predicted octanol–water partition coefficient (Wildman–Crippen LogP) is 0.775. The SMILES string of the molecule is CNc1nc(Cl)nc(N(C)CC(=O)NCC(C)C)n1. The van der Waals surface area contributed by atoms with Gasteiger partial charge in [0.05, 0.1) is 6.54 Å². The highest BCUT2D eigenvalue weighted by Gasteiger charge is 2.12. The Bertz CT molecular complexity index is 439. The minimum Gasteiger partial charge on any atom is -0.357 e. The zero-order valence-electron chi connectivity index (χ0n) is 11.6. The second-order valence-electron chi connectivity index (χ2n) is 4.53. The Morgan fingerprint density at radius 2 is 2.05 bits per heavy atom. The van der Waals surface area contributed by atoms with Crippen molar-refractivity contribution in [3.8, 4) is 0 Å². The molecule has 0 atom stereocenters. The second-order valence-corrected chi connectivity index (χ2v) is 4.87. The van der Waals surface area contributed by atoms with E-state index in [1.54, 1.807) is 19.0 Å². The number of anilines is 2. The molecule has 0 saturated heterocycles. The van der Waals surface area contributed by atoms with Gasteiger partial charge in [0, 0.05) is 20.6 Å². The Kier molecular flexibility index (Phi) is 5.75. The van der Waals surface area contributed by atoms with Crippen molar-refractivity contribution in [3.05, 3.63) is 5.28 Å². The summed E-state index contributed by atoms with van der Waals surface area (Å²) in [6, 6.07) is 0. The number of amides is 1. The highest BCUT2D eigenvalue weighted by molar-refractivity contribution is 6.28. The third kappa shape index (κ3) is 5.25. The molecule has 0 saturated carbocycles. The third-order valence-electron chi connectivity index (χ3n) is 2.25. The fraction of sp³-hybridized carbons (Fsp3) is 0.636. The molecule has 8 heteroatoms. The van der Waals surface area contributed by atoms with Gasteiger partial charge in [0.1, 0.15) is 0 Å². The first-order valence-electron chi connectivity index (χ1n) is 5.99. The van der Waals surface area contributed by atoms with Crippen molar-refractivity contribution < 1.29 is 4.79 Å². The Morgan fingerprint density at radius 1 is 1.37 bits per heavy atom. The molecule has 0 aliphatic heterocycles. The van der Waals surface area contributed by atoms with Gasteiger partial charge in [-0.2, -0.15) is 15.0 Å².